The molecule has 2 aromatic rings. The van der Waals surface area contributed by atoms with Crippen molar-refractivity contribution in [2.45, 2.75) is 0 Å². The van der Waals surface area contributed by atoms with Crippen LogP contribution in [-0.2, 0) is 0 Å². The highest BCUT2D eigenvalue weighted by Gasteiger charge is 1.99. The molecular formula is C9H8N4O. The number of hydrogen-bond acceptors (Lipinski definition) is 4. The van der Waals surface area contributed by atoms with Crippen molar-refractivity contribution in [3.8, 4) is 11.3 Å². The lowest BCUT2D eigenvalue weighted by Crippen LogP contribution is -2.02. The number of nitrogens with one attached hydrogen (secondary N) is 1. The van der Waals surface area contributed by atoms with Crippen molar-refractivity contribution in [2.75, 3.05) is 5.73 Å². The Morgan fingerprint density at radius 1 is 1.29 bits per heavy atom. The van der Waals surface area contributed by atoms with Gasteiger partial charge in [-0.3, -0.25) is 4.79 Å². The summed E-state index contributed by atoms with van der Waals surface area (Å²) in [6.07, 6.45) is 3.16. The molecule has 2 rings (SSSR count). The Labute approximate surface area is 79.6 Å². The van der Waals surface area contributed by atoms with Gasteiger partial charge in [0.15, 0.2) is 0 Å². The molecule has 14 heavy (non-hydrogen) atoms. The number of hydrogen-bond donors (Lipinski definition) is 2. The van der Waals surface area contributed by atoms with Gasteiger partial charge in [-0.2, -0.15) is 0 Å². The third-order valence-corrected chi connectivity index (χ3v) is 1.75. The van der Waals surface area contributed by atoms with E-state index in [1.807, 2.05) is 0 Å². The number of rotatable bonds is 1. The minimum Gasteiger partial charge on any atom is -0.368 e. The number of H-pyrrole nitrogens is 1. The second-order valence-corrected chi connectivity index (χ2v) is 2.74. The van der Waals surface area contributed by atoms with E-state index in [0.29, 0.717) is 5.69 Å². The molecule has 70 valence electrons. The monoisotopic (exact) mass is 188 g/mol. The second-order valence-electron chi connectivity index (χ2n) is 2.74. The van der Waals surface area contributed by atoms with Crippen LogP contribution in [0.15, 0.2) is 35.4 Å². The third-order valence-electron chi connectivity index (χ3n) is 1.75. The fraction of sp³-hybridized carbons (Fsp3) is 0. The Morgan fingerprint density at radius 3 is 2.79 bits per heavy atom. The zero-order valence-electron chi connectivity index (χ0n) is 7.27. The number of nitrogens with zero attached hydrogens (tertiary/aromatic N) is 2. The van der Waals surface area contributed by atoms with Crippen molar-refractivity contribution >= 4 is 5.95 Å². The van der Waals surface area contributed by atoms with Crippen LogP contribution in [0.4, 0.5) is 5.95 Å². The van der Waals surface area contributed by atoms with Crippen LogP contribution in [0.1, 0.15) is 0 Å². The second kappa shape index (κ2) is 3.29. The molecule has 0 aromatic carbocycles. The van der Waals surface area contributed by atoms with Gasteiger partial charge in [-0.25, -0.2) is 9.97 Å². The van der Waals surface area contributed by atoms with Crippen molar-refractivity contribution in [3.05, 3.63) is 40.9 Å². The molecule has 5 nitrogen and oxygen atoms in total. The van der Waals surface area contributed by atoms with Crippen LogP contribution in [0.2, 0.25) is 0 Å². The molecule has 0 aliphatic rings. The van der Waals surface area contributed by atoms with E-state index in [4.69, 9.17) is 5.73 Å². The number of pyridine rings is 1. The summed E-state index contributed by atoms with van der Waals surface area (Å²) < 4.78 is 0. The quantitative estimate of drug-likeness (QED) is 0.679. The van der Waals surface area contributed by atoms with Crippen LogP contribution >= 0.6 is 0 Å². The van der Waals surface area contributed by atoms with E-state index in [2.05, 4.69) is 15.0 Å². The van der Waals surface area contributed by atoms with Gasteiger partial charge in [0.1, 0.15) is 0 Å². The molecule has 5 heteroatoms. The predicted molar refractivity (Wildman–Crippen MR) is 52.5 cm³/mol. The summed E-state index contributed by atoms with van der Waals surface area (Å²) in [6, 6.07) is 4.85. The highest BCUT2D eigenvalue weighted by atomic mass is 16.1. The first kappa shape index (κ1) is 8.43. The fourth-order valence-electron chi connectivity index (χ4n) is 1.10. The zero-order chi connectivity index (χ0) is 9.97. The molecule has 2 aromatic heterocycles. The molecule has 0 bridgehead atoms. The molecule has 0 saturated carbocycles. The van der Waals surface area contributed by atoms with Gasteiger partial charge in [0, 0.05) is 24.0 Å². The van der Waals surface area contributed by atoms with E-state index >= 15 is 0 Å². The Hall–Kier alpha value is -2.17. The van der Waals surface area contributed by atoms with Crippen molar-refractivity contribution < 1.29 is 0 Å². The van der Waals surface area contributed by atoms with Gasteiger partial charge in [0.25, 0.3) is 0 Å². The summed E-state index contributed by atoms with van der Waals surface area (Å²) >= 11 is 0. The molecule has 0 spiro atoms. The van der Waals surface area contributed by atoms with Gasteiger partial charge in [0.2, 0.25) is 11.5 Å². The van der Waals surface area contributed by atoms with Crippen LogP contribution < -0.4 is 11.3 Å². The van der Waals surface area contributed by atoms with Crippen LogP contribution in [0.5, 0.6) is 0 Å². The van der Waals surface area contributed by atoms with Gasteiger partial charge in [-0.05, 0) is 12.1 Å². The maximum absolute atomic E-state index is 10.8. The summed E-state index contributed by atoms with van der Waals surface area (Å²) in [4.78, 5) is 21.2. The fourth-order valence-corrected chi connectivity index (χ4v) is 1.10. The Balaban J connectivity index is 2.49. The van der Waals surface area contributed by atoms with E-state index in [1.165, 1.54) is 6.07 Å². The molecule has 0 radical (unpaired) electrons. The van der Waals surface area contributed by atoms with Crippen LogP contribution in [0.25, 0.3) is 11.3 Å². The van der Waals surface area contributed by atoms with Gasteiger partial charge in [0.05, 0.1) is 5.69 Å². The summed E-state index contributed by atoms with van der Waals surface area (Å²) in [5, 5.41) is 0. The lowest BCUT2D eigenvalue weighted by atomic mass is 10.2. The highest BCUT2D eigenvalue weighted by Crippen LogP contribution is 2.13. The number of aromatic nitrogens is 3. The zero-order valence-corrected chi connectivity index (χ0v) is 7.27. The average Bonchev–Trinajstić information content (AvgIpc) is 2.19. The number of anilines is 1. The van der Waals surface area contributed by atoms with Gasteiger partial charge >= 0.3 is 0 Å². The Morgan fingerprint density at radius 2 is 2.14 bits per heavy atom. The molecule has 0 atom stereocenters. The first-order valence-corrected chi connectivity index (χ1v) is 4.03. The normalized spacial score (nSPS) is 10.0. The van der Waals surface area contributed by atoms with Gasteiger partial charge in [-0.15, -0.1) is 0 Å². The molecule has 0 amide bonds. The summed E-state index contributed by atoms with van der Waals surface area (Å²) in [6.45, 7) is 0. The van der Waals surface area contributed by atoms with Crippen molar-refractivity contribution in [1.82, 2.24) is 15.0 Å². The molecule has 0 fully saturated rings. The lowest BCUT2D eigenvalue weighted by Gasteiger charge is -1.99. The maximum Gasteiger partial charge on any atom is 0.247 e. The van der Waals surface area contributed by atoms with Crippen LogP contribution in [-0.4, -0.2) is 15.0 Å². The topological polar surface area (TPSA) is 84.7 Å². The van der Waals surface area contributed by atoms with Crippen LogP contribution in [0.3, 0.4) is 0 Å². The van der Waals surface area contributed by atoms with Crippen LogP contribution in [0, 0.1) is 0 Å². The molecule has 0 aliphatic carbocycles. The van der Waals surface area contributed by atoms with E-state index in [-0.39, 0.29) is 11.5 Å². The standard InChI is InChI=1S/C9H8N4O/c10-9-11-4-3-7(13-9)6-1-2-8(14)12-5-6/h1-5H,(H,12,14)(H2,10,11,13). The molecule has 0 saturated heterocycles. The van der Waals surface area contributed by atoms with Gasteiger partial charge < -0.3 is 10.7 Å². The van der Waals surface area contributed by atoms with E-state index in [0.717, 1.165) is 5.56 Å². The number of aromatic amines is 1. The largest absolute Gasteiger partial charge is 0.368 e. The first-order chi connectivity index (χ1) is 6.75. The van der Waals surface area contributed by atoms with E-state index < -0.39 is 0 Å². The molecule has 3 N–H and O–H groups in total. The van der Waals surface area contributed by atoms with E-state index in [9.17, 15) is 4.79 Å². The number of nitrogens with two attached hydrogens (primary N) is 1. The number of nitrogen functional groups attached to an aromatic ring is 1. The minimum atomic E-state index is -0.143. The van der Waals surface area contributed by atoms with Crippen molar-refractivity contribution in [3.63, 3.8) is 0 Å². The van der Waals surface area contributed by atoms with Crippen molar-refractivity contribution in [2.24, 2.45) is 0 Å². The van der Waals surface area contributed by atoms with Crippen molar-refractivity contribution in [1.29, 1.82) is 0 Å². The predicted octanol–water partition coefficient (Wildman–Crippen LogP) is 0.414. The summed E-state index contributed by atoms with van der Waals surface area (Å²) in [5.41, 5.74) is 6.78. The minimum absolute atomic E-state index is 0.143. The summed E-state index contributed by atoms with van der Waals surface area (Å²) in [5.74, 6) is 0.216. The highest BCUT2D eigenvalue weighted by molar-refractivity contribution is 5.57. The SMILES string of the molecule is Nc1nccc(-c2ccc(=O)[nH]c2)n1. The molecule has 2 heterocycles. The molecule has 0 aliphatic heterocycles. The molecule has 0 unspecified atom stereocenters. The lowest BCUT2D eigenvalue weighted by molar-refractivity contribution is 1.17. The first-order valence-electron chi connectivity index (χ1n) is 4.03. The Kier molecular flexibility index (Phi) is 1.98. The third kappa shape index (κ3) is 1.61. The summed E-state index contributed by atoms with van der Waals surface area (Å²) in [7, 11) is 0. The smallest absolute Gasteiger partial charge is 0.247 e. The average molecular weight is 188 g/mol. The maximum atomic E-state index is 10.8. The van der Waals surface area contributed by atoms with E-state index in [1.54, 1.807) is 24.5 Å². The van der Waals surface area contributed by atoms with Gasteiger partial charge in [-0.1, -0.05) is 0 Å². The molecular weight excluding hydrogens is 180 g/mol. The Bertz CT molecular complexity index is 486.